The Kier molecular flexibility index (Phi) is 4.87. The van der Waals surface area contributed by atoms with Gasteiger partial charge in [-0.1, -0.05) is 48.6 Å². The number of nitrogens with zero attached hydrogens (tertiary/aromatic N) is 4. The zero-order chi connectivity index (χ0) is 21.2. The van der Waals surface area contributed by atoms with Crippen LogP contribution < -0.4 is 5.43 Å². The van der Waals surface area contributed by atoms with Crippen LogP contribution in [-0.2, 0) is 6.54 Å². The highest BCUT2D eigenvalue weighted by molar-refractivity contribution is 5.95. The van der Waals surface area contributed by atoms with Gasteiger partial charge in [0.1, 0.15) is 0 Å². The molecular formula is C23H22N6O2. The maximum Gasteiger partial charge on any atom is 0.407 e. The van der Waals surface area contributed by atoms with Crippen LogP contribution in [-0.4, -0.2) is 49.0 Å². The van der Waals surface area contributed by atoms with Crippen molar-refractivity contribution in [3.8, 4) is 11.1 Å². The molecule has 3 heterocycles. The Morgan fingerprint density at radius 2 is 2.06 bits per heavy atom. The minimum absolute atomic E-state index is 0.00383. The standard InChI is InChI=1S/C23H22N6O2/c30-23(31)28-10-4-5-16(14-28)18-6-1-2-7-19(18)20-8-3-9-22-21(20)13-27-29(22)26-12-17-11-24-15-25-17/h1-9,11,13,15-16,26H,10,12,14H2,(H,24,25)(H,30,31). The van der Waals surface area contributed by atoms with Gasteiger partial charge in [0.15, 0.2) is 0 Å². The van der Waals surface area contributed by atoms with E-state index in [1.165, 1.54) is 4.90 Å². The molecule has 0 aliphatic carbocycles. The summed E-state index contributed by atoms with van der Waals surface area (Å²) in [4.78, 5) is 21.9. The number of aromatic amines is 1. The number of carboxylic acid groups (broad SMARTS) is 1. The first-order chi connectivity index (χ1) is 15.2. The lowest BCUT2D eigenvalue weighted by molar-refractivity contribution is 0.147. The Morgan fingerprint density at radius 3 is 2.90 bits per heavy atom. The summed E-state index contributed by atoms with van der Waals surface area (Å²) in [6.45, 7) is 1.43. The molecule has 0 saturated heterocycles. The van der Waals surface area contributed by atoms with Crippen LogP contribution in [0, 0.1) is 0 Å². The third kappa shape index (κ3) is 3.63. The molecule has 8 nitrogen and oxygen atoms in total. The van der Waals surface area contributed by atoms with Crippen LogP contribution >= 0.6 is 0 Å². The predicted molar refractivity (Wildman–Crippen MR) is 118 cm³/mol. The monoisotopic (exact) mass is 414 g/mol. The van der Waals surface area contributed by atoms with Crippen molar-refractivity contribution in [2.75, 3.05) is 18.5 Å². The van der Waals surface area contributed by atoms with Gasteiger partial charge in [-0.05, 0) is 22.8 Å². The smallest absolute Gasteiger partial charge is 0.407 e. The Hall–Kier alpha value is -4.07. The van der Waals surface area contributed by atoms with Crippen LogP contribution in [0.25, 0.3) is 22.0 Å². The number of rotatable bonds is 5. The van der Waals surface area contributed by atoms with E-state index >= 15 is 0 Å². The van der Waals surface area contributed by atoms with Crippen LogP contribution in [0.2, 0.25) is 0 Å². The molecule has 0 radical (unpaired) electrons. The number of hydrogen-bond donors (Lipinski definition) is 3. The lowest BCUT2D eigenvalue weighted by Gasteiger charge is -2.28. The van der Waals surface area contributed by atoms with Gasteiger partial charge in [-0.25, -0.2) is 9.78 Å². The molecule has 0 saturated carbocycles. The van der Waals surface area contributed by atoms with Gasteiger partial charge in [-0.3, -0.25) is 0 Å². The van der Waals surface area contributed by atoms with Gasteiger partial charge in [-0.15, -0.1) is 0 Å². The van der Waals surface area contributed by atoms with Crippen molar-refractivity contribution in [2.24, 2.45) is 0 Å². The van der Waals surface area contributed by atoms with E-state index in [4.69, 9.17) is 0 Å². The van der Waals surface area contributed by atoms with E-state index in [9.17, 15) is 9.90 Å². The molecule has 1 atom stereocenters. The van der Waals surface area contributed by atoms with Gasteiger partial charge in [0.05, 0.1) is 30.3 Å². The average Bonchev–Trinajstić information content (AvgIpc) is 3.47. The van der Waals surface area contributed by atoms with Gasteiger partial charge in [0.2, 0.25) is 0 Å². The molecule has 0 bridgehead atoms. The number of carbonyl (C=O) groups is 1. The first-order valence-corrected chi connectivity index (χ1v) is 10.1. The highest BCUT2D eigenvalue weighted by Gasteiger charge is 2.23. The quantitative estimate of drug-likeness (QED) is 0.432. The SMILES string of the molecule is O=C(O)N1CC=CC(c2ccccc2-c2cccc3c2cnn3NCc2c[nH]cn2)C1. The number of nitrogens with one attached hydrogen (secondary N) is 2. The first-order valence-electron chi connectivity index (χ1n) is 10.1. The summed E-state index contributed by atoms with van der Waals surface area (Å²) in [5.41, 5.74) is 8.41. The fourth-order valence-electron chi connectivity index (χ4n) is 4.10. The highest BCUT2D eigenvalue weighted by Crippen LogP contribution is 2.35. The van der Waals surface area contributed by atoms with Crippen LogP contribution in [0.5, 0.6) is 0 Å². The molecule has 5 rings (SSSR count). The molecule has 0 fully saturated rings. The molecule has 1 unspecified atom stereocenters. The molecule has 1 aliphatic rings. The van der Waals surface area contributed by atoms with Gasteiger partial charge in [0.25, 0.3) is 0 Å². The topological polar surface area (TPSA) is 99.1 Å². The van der Waals surface area contributed by atoms with E-state index in [0.29, 0.717) is 19.6 Å². The number of imidazole rings is 1. The largest absolute Gasteiger partial charge is 0.465 e. The fourth-order valence-corrected chi connectivity index (χ4v) is 4.10. The maximum atomic E-state index is 11.5. The summed E-state index contributed by atoms with van der Waals surface area (Å²) in [6, 6.07) is 14.3. The Balaban J connectivity index is 1.51. The third-order valence-corrected chi connectivity index (χ3v) is 5.61. The fraction of sp³-hybridized carbons (Fsp3) is 0.174. The number of amides is 1. The van der Waals surface area contributed by atoms with Gasteiger partial charge >= 0.3 is 6.09 Å². The second-order valence-electron chi connectivity index (χ2n) is 7.50. The number of fused-ring (bicyclic) bond motifs is 1. The summed E-state index contributed by atoms with van der Waals surface area (Å²) in [7, 11) is 0. The molecule has 1 aliphatic heterocycles. The minimum Gasteiger partial charge on any atom is -0.465 e. The maximum absolute atomic E-state index is 11.5. The van der Waals surface area contributed by atoms with Crippen molar-refractivity contribution >= 4 is 17.0 Å². The third-order valence-electron chi connectivity index (χ3n) is 5.61. The molecule has 0 spiro atoms. The zero-order valence-corrected chi connectivity index (χ0v) is 16.8. The van der Waals surface area contributed by atoms with Crippen LogP contribution in [0.15, 0.2) is 73.3 Å². The van der Waals surface area contributed by atoms with Gasteiger partial charge in [-0.2, -0.15) is 9.89 Å². The minimum atomic E-state index is -0.891. The summed E-state index contributed by atoms with van der Waals surface area (Å²) >= 11 is 0. The van der Waals surface area contributed by atoms with E-state index in [1.807, 2.05) is 42.7 Å². The van der Waals surface area contributed by atoms with Crippen LogP contribution in [0.1, 0.15) is 17.2 Å². The molecule has 2 aromatic heterocycles. The summed E-state index contributed by atoms with van der Waals surface area (Å²) in [5, 5.41) is 15.0. The van der Waals surface area contributed by atoms with Crippen molar-refractivity contribution in [2.45, 2.75) is 12.5 Å². The van der Waals surface area contributed by atoms with Crippen molar-refractivity contribution in [1.29, 1.82) is 0 Å². The second kappa shape index (κ2) is 7.98. The van der Waals surface area contributed by atoms with E-state index in [0.717, 1.165) is 33.3 Å². The average molecular weight is 414 g/mol. The lowest BCUT2D eigenvalue weighted by atomic mass is 9.88. The molecule has 8 heteroatoms. The van der Waals surface area contributed by atoms with Crippen molar-refractivity contribution in [1.82, 2.24) is 24.8 Å². The van der Waals surface area contributed by atoms with E-state index in [2.05, 4.69) is 44.8 Å². The van der Waals surface area contributed by atoms with Gasteiger partial charge in [0, 0.05) is 30.6 Å². The van der Waals surface area contributed by atoms with E-state index in [-0.39, 0.29) is 5.92 Å². The second-order valence-corrected chi connectivity index (χ2v) is 7.50. The van der Waals surface area contributed by atoms with E-state index < -0.39 is 6.09 Å². The highest BCUT2D eigenvalue weighted by atomic mass is 16.4. The summed E-state index contributed by atoms with van der Waals surface area (Å²) < 4.78 is 0. The van der Waals surface area contributed by atoms with Crippen molar-refractivity contribution in [3.63, 3.8) is 0 Å². The Labute approximate surface area is 178 Å². The molecule has 4 aromatic rings. The number of benzene rings is 2. The molecular weight excluding hydrogens is 392 g/mol. The number of hydrogen-bond acceptors (Lipinski definition) is 4. The molecule has 31 heavy (non-hydrogen) atoms. The van der Waals surface area contributed by atoms with Crippen molar-refractivity contribution in [3.05, 3.63) is 84.6 Å². The summed E-state index contributed by atoms with van der Waals surface area (Å²) in [5.74, 6) is 0.00383. The molecule has 2 aromatic carbocycles. The Morgan fingerprint density at radius 1 is 1.19 bits per heavy atom. The molecule has 156 valence electrons. The normalized spacial score (nSPS) is 16.0. The number of aromatic nitrogens is 4. The van der Waals surface area contributed by atoms with E-state index in [1.54, 1.807) is 11.1 Å². The summed E-state index contributed by atoms with van der Waals surface area (Å²) in [6.07, 6.45) is 8.50. The first kappa shape index (κ1) is 18.9. The van der Waals surface area contributed by atoms with Gasteiger partial charge < -0.3 is 20.4 Å². The number of H-pyrrole nitrogens is 1. The van der Waals surface area contributed by atoms with Crippen LogP contribution in [0.3, 0.4) is 0 Å². The molecule has 1 amide bonds. The zero-order valence-electron chi connectivity index (χ0n) is 16.8. The molecule has 3 N–H and O–H groups in total. The van der Waals surface area contributed by atoms with Crippen molar-refractivity contribution < 1.29 is 9.90 Å². The Bertz CT molecular complexity index is 1240. The van der Waals surface area contributed by atoms with Crippen LogP contribution in [0.4, 0.5) is 4.79 Å². The lowest BCUT2D eigenvalue weighted by Crippen LogP contribution is -2.35. The predicted octanol–water partition coefficient (Wildman–Crippen LogP) is 3.80.